The molecule has 0 spiro atoms. The molecule has 1 aliphatic heterocycles. The number of ether oxygens (including phenoxy) is 1. The lowest BCUT2D eigenvalue weighted by Gasteiger charge is -2.41. The highest BCUT2D eigenvalue weighted by Gasteiger charge is 2.50. The molecule has 5 heteroatoms. The second kappa shape index (κ2) is 7.97. The normalized spacial score (nSPS) is 19.5. The van der Waals surface area contributed by atoms with E-state index in [0.717, 1.165) is 0 Å². The van der Waals surface area contributed by atoms with Crippen molar-refractivity contribution in [3.8, 4) is 0 Å². The number of hydrogen-bond acceptors (Lipinski definition) is 4. The van der Waals surface area contributed by atoms with Crippen LogP contribution in [0.1, 0.15) is 18.1 Å². The maximum absolute atomic E-state index is 13.8. The van der Waals surface area contributed by atoms with Gasteiger partial charge in [-0.15, -0.1) is 0 Å². The molecule has 0 radical (unpaired) electrons. The quantitative estimate of drug-likeness (QED) is 0.527. The number of esters is 1. The molecule has 1 aliphatic rings. The fourth-order valence-corrected chi connectivity index (χ4v) is 3.75. The molecule has 5 nitrogen and oxygen atoms in total. The molecular weight excluding hydrogens is 378 g/mol. The fourth-order valence-electron chi connectivity index (χ4n) is 3.75. The molecule has 0 fully saturated rings. The van der Waals surface area contributed by atoms with Gasteiger partial charge in [0.05, 0.1) is 12.3 Å². The molecule has 0 saturated carbocycles. The number of carbonyl (C=O) groups excluding carboxylic acids is 2. The van der Waals surface area contributed by atoms with Gasteiger partial charge in [0.15, 0.2) is 5.60 Å². The Morgan fingerprint density at radius 1 is 0.967 bits per heavy atom. The Hall–Kier alpha value is -3.70. The van der Waals surface area contributed by atoms with Crippen LogP contribution in [0.25, 0.3) is 5.57 Å². The van der Waals surface area contributed by atoms with E-state index in [1.807, 2.05) is 30.3 Å². The zero-order chi connectivity index (χ0) is 21.1. The first-order valence-corrected chi connectivity index (χ1v) is 9.73. The maximum Gasteiger partial charge on any atom is 0.331 e. The van der Waals surface area contributed by atoms with E-state index in [9.17, 15) is 14.7 Å². The van der Waals surface area contributed by atoms with Crippen LogP contribution < -0.4 is 4.90 Å². The van der Waals surface area contributed by atoms with Gasteiger partial charge in [-0.3, -0.25) is 9.69 Å². The lowest BCUT2D eigenvalue weighted by atomic mass is 9.77. The number of para-hydroxylation sites is 2. The molecule has 1 unspecified atom stereocenters. The van der Waals surface area contributed by atoms with Gasteiger partial charge in [-0.05, 0) is 30.7 Å². The van der Waals surface area contributed by atoms with E-state index in [2.05, 4.69) is 0 Å². The smallest absolute Gasteiger partial charge is 0.331 e. The Balaban J connectivity index is 2.02. The molecular formula is C25H21NO4. The Bertz CT molecular complexity index is 1110. The van der Waals surface area contributed by atoms with Crippen LogP contribution in [-0.2, 0) is 19.9 Å². The standard InChI is InChI=1S/C25H21NO4/c1-2-30-23(27)17-21-20-15-9-10-16-22(20)26(19-13-7-4-8-14-19)24(28)25(21,29)18-11-5-3-6-12-18/h3-17,29H,2H2,1H3/b21-17-. The summed E-state index contributed by atoms with van der Waals surface area (Å²) in [5.74, 6) is -1.17. The monoisotopic (exact) mass is 399 g/mol. The third-order valence-corrected chi connectivity index (χ3v) is 5.09. The summed E-state index contributed by atoms with van der Waals surface area (Å²) >= 11 is 0. The number of hydrogen-bond donors (Lipinski definition) is 1. The van der Waals surface area contributed by atoms with Gasteiger partial charge in [-0.1, -0.05) is 66.7 Å². The minimum Gasteiger partial charge on any atom is -0.463 e. The molecule has 150 valence electrons. The number of amides is 1. The maximum atomic E-state index is 13.8. The molecule has 0 aromatic heterocycles. The number of benzene rings is 3. The highest BCUT2D eigenvalue weighted by molar-refractivity contribution is 6.19. The summed E-state index contributed by atoms with van der Waals surface area (Å²) < 4.78 is 5.08. The first-order chi connectivity index (χ1) is 14.6. The summed E-state index contributed by atoms with van der Waals surface area (Å²) in [5.41, 5.74) is 0.309. The molecule has 0 bridgehead atoms. The van der Waals surface area contributed by atoms with Crippen molar-refractivity contribution in [2.75, 3.05) is 11.5 Å². The van der Waals surface area contributed by atoms with Crippen LogP contribution in [0.4, 0.5) is 11.4 Å². The molecule has 3 aromatic rings. The van der Waals surface area contributed by atoms with Crippen LogP contribution in [0.5, 0.6) is 0 Å². The van der Waals surface area contributed by atoms with Crippen molar-refractivity contribution in [2.45, 2.75) is 12.5 Å². The summed E-state index contributed by atoms with van der Waals surface area (Å²) in [6.45, 7) is 1.90. The van der Waals surface area contributed by atoms with Crippen molar-refractivity contribution in [1.29, 1.82) is 0 Å². The van der Waals surface area contributed by atoms with Gasteiger partial charge in [0.2, 0.25) is 0 Å². The van der Waals surface area contributed by atoms with Crippen LogP contribution in [-0.4, -0.2) is 23.6 Å². The zero-order valence-electron chi connectivity index (χ0n) is 16.5. The first-order valence-electron chi connectivity index (χ1n) is 9.73. The third kappa shape index (κ3) is 3.19. The Morgan fingerprint density at radius 3 is 2.23 bits per heavy atom. The molecule has 3 aromatic carbocycles. The number of rotatable bonds is 4. The van der Waals surface area contributed by atoms with E-state index in [-0.39, 0.29) is 12.2 Å². The van der Waals surface area contributed by atoms with E-state index < -0.39 is 17.5 Å². The first kappa shape index (κ1) is 19.6. The second-order valence-electron chi connectivity index (χ2n) is 6.88. The van der Waals surface area contributed by atoms with Crippen molar-refractivity contribution in [3.63, 3.8) is 0 Å². The topological polar surface area (TPSA) is 66.8 Å². The van der Waals surface area contributed by atoms with E-state index in [1.165, 1.54) is 11.0 Å². The fraction of sp³-hybridized carbons (Fsp3) is 0.120. The average molecular weight is 399 g/mol. The number of carbonyl (C=O) groups is 2. The van der Waals surface area contributed by atoms with Gasteiger partial charge in [0.1, 0.15) is 0 Å². The molecule has 1 N–H and O–H groups in total. The average Bonchev–Trinajstić information content (AvgIpc) is 2.78. The molecule has 4 rings (SSSR count). The molecule has 0 saturated heterocycles. The van der Waals surface area contributed by atoms with Crippen LogP contribution >= 0.6 is 0 Å². The van der Waals surface area contributed by atoms with E-state index in [4.69, 9.17) is 4.74 Å². The van der Waals surface area contributed by atoms with Crippen LogP contribution in [0.2, 0.25) is 0 Å². The van der Waals surface area contributed by atoms with Crippen molar-refractivity contribution in [2.24, 2.45) is 0 Å². The molecule has 1 amide bonds. The summed E-state index contributed by atoms with van der Waals surface area (Å²) in [7, 11) is 0. The highest BCUT2D eigenvalue weighted by Crippen LogP contribution is 2.48. The largest absolute Gasteiger partial charge is 0.463 e. The minimum atomic E-state index is -2.06. The SMILES string of the molecule is CCOC(=O)/C=C1/c2ccccc2N(c2ccccc2)C(=O)C1(O)c1ccccc1. The lowest BCUT2D eigenvalue weighted by Crippen LogP contribution is -2.49. The van der Waals surface area contributed by atoms with Crippen molar-refractivity contribution >= 4 is 28.8 Å². The third-order valence-electron chi connectivity index (χ3n) is 5.09. The van der Waals surface area contributed by atoms with Crippen molar-refractivity contribution in [3.05, 3.63) is 102 Å². The Labute approximate surface area is 174 Å². The van der Waals surface area contributed by atoms with Gasteiger partial charge in [0, 0.05) is 22.9 Å². The van der Waals surface area contributed by atoms with Gasteiger partial charge in [-0.25, -0.2) is 4.79 Å². The lowest BCUT2D eigenvalue weighted by molar-refractivity contribution is -0.137. The number of nitrogens with zero attached hydrogens (tertiary/aromatic N) is 1. The van der Waals surface area contributed by atoms with Crippen LogP contribution in [0, 0.1) is 0 Å². The van der Waals surface area contributed by atoms with Crippen LogP contribution in [0.3, 0.4) is 0 Å². The highest BCUT2D eigenvalue weighted by atomic mass is 16.5. The molecule has 30 heavy (non-hydrogen) atoms. The Morgan fingerprint density at radius 2 is 1.57 bits per heavy atom. The summed E-state index contributed by atoms with van der Waals surface area (Å²) in [5, 5.41) is 11.9. The van der Waals surface area contributed by atoms with Gasteiger partial charge < -0.3 is 9.84 Å². The summed E-state index contributed by atoms with van der Waals surface area (Å²) in [4.78, 5) is 27.7. The van der Waals surface area contributed by atoms with E-state index in [0.29, 0.717) is 22.5 Å². The second-order valence-corrected chi connectivity index (χ2v) is 6.88. The predicted molar refractivity (Wildman–Crippen MR) is 115 cm³/mol. The minimum absolute atomic E-state index is 0.193. The van der Waals surface area contributed by atoms with E-state index >= 15 is 0 Å². The van der Waals surface area contributed by atoms with Gasteiger partial charge in [0.25, 0.3) is 5.91 Å². The van der Waals surface area contributed by atoms with Crippen LogP contribution in [0.15, 0.2) is 91.0 Å². The van der Waals surface area contributed by atoms with Crippen molar-refractivity contribution < 1.29 is 19.4 Å². The summed E-state index contributed by atoms with van der Waals surface area (Å²) in [6.07, 6.45) is 1.22. The molecule has 1 heterocycles. The molecule has 1 atom stereocenters. The van der Waals surface area contributed by atoms with Gasteiger partial charge in [-0.2, -0.15) is 0 Å². The number of fused-ring (bicyclic) bond motifs is 1. The predicted octanol–water partition coefficient (Wildman–Crippen LogP) is 4.20. The van der Waals surface area contributed by atoms with Gasteiger partial charge >= 0.3 is 5.97 Å². The zero-order valence-corrected chi connectivity index (χ0v) is 16.5. The Kier molecular flexibility index (Phi) is 5.21. The molecule has 0 aliphatic carbocycles. The summed E-state index contributed by atoms with van der Waals surface area (Å²) in [6, 6.07) is 25.0. The number of anilines is 2. The van der Waals surface area contributed by atoms with E-state index in [1.54, 1.807) is 61.5 Å². The number of aliphatic hydroxyl groups is 1. The van der Waals surface area contributed by atoms with Crippen molar-refractivity contribution in [1.82, 2.24) is 0 Å².